The summed E-state index contributed by atoms with van der Waals surface area (Å²) in [5.74, 6) is -0.254. The molecular weight excluding hydrogens is 180 g/mol. The summed E-state index contributed by atoms with van der Waals surface area (Å²) >= 11 is 0. The monoisotopic (exact) mass is 200 g/mol. The van der Waals surface area contributed by atoms with Crippen LogP contribution in [0.3, 0.4) is 0 Å². The lowest BCUT2D eigenvalue weighted by atomic mass is 10.0. The van der Waals surface area contributed by atoms with E-state index in [1.54, 1.807) is 0 Å². The Labute approximate surface area is 85.5 Å². The van der Waals surface area contributed by atoms with Crippen LogP contribution in [0.25, 0.3) is 0 Å². The lowest BCUT2D eigenvalue weighted by Crippen LogP contribution is -2.20. The van der Waals surface area contributed by atoms with Crippen LogP contribution in [-0.2, 0) is 9.53 Å². The van der Waals surface area contributed by atoms with E-state index in [4.69, 9.17) is 4.74 Å². The normalized spacial score (nSPS) is 26.6. The van der Waals surface area contributed by atoms with Crippen LogP contribution in [0.1, 0.15) is 51.9 Å². The van der Waals surface area contributed by atoms with Crippen molar-refractivity contribution >= 4 is 5.97 Å². The van der Waals surface area contributed by atoms with E-state index < -0.39 is 6.10 Å². The van der Waals surface area contributed by atoms with E-state index >= 15 is 0 Å². The molecule has 1 aliphatic rings. The van der Waals surface area contributed by atoms with E-state index in [1.165, 1.54) is 25.7 Å². The number of carbonyl (C=O) groups is 1. The number of carbonyl (C=O) groups excluding carboxylic acids is 1. The molecule has 82 valence electrons. The van der Waals surface area contributed by atoms with Gasteiger partial charge in [-0.15, -0.1) is 0 Å². The molecule has 1 heterocycles. The predicted octanol–water partition coefficient (Wildman–Crippen LogP) is 2.02. The summed E-state index contributed by atoms with van der Waals surface area (Å²) in [6.07, 6.45) is 6.18. The van der Waals surface area contributed by atoms with Gasteiger partial charge in [0.15, 0.2) is 0 Å². The van der Waals surface area contributed by atoms with E-state index in [1.807, 2.05) is 0 Å². The van der Waals surface area contributed by atoms with Crippen molar-refractivity contribution < 1.29 is 14.6 Å². The van der Waals surface area contributed by atoms with Crippen molar-refractivity contribution in [3.8, 4) is 0 Å². The molecule has 1 rings (SSSR count). The summed E-state index contributed by atoms with van der Waals surface area (Å²) in [5, 5.41) is 9.42. The summed E-state index contributed by atoms with van der Waals surface area (Å²) in [6, 6.07) is 0. The molecule has 1 saturated heterocycles. The fourth-order valence-corrected chi connectivity index (χ4v) is 1.80. The molecule has 0 aromatic heterocycles. The quantitative estimate of drug-likeness (QED) is 0.527. The molecule has 0 bridgehead atoms. The average Bonchev–Trinajstić information content (AvgIpc) is 2.45. The zero-order valence-electron chi connectivity index (χ0n) is 8.87. The van der Waals surface area contributed by atoms with Crippen LogP contribution in [0.15, 0.2) is 0 Å². The molecule has 0 spiro atoms. The van der Waals surface area contributed by atoms with Crippen molar-refractivity contribution in [2.45, 2.75) is 64.1 Å². The molecule has 3 heteroatoms. The van der Waals surface area contributed by atoms with Gasteiger partial charge in [-0.1, -0.05) is 32.6 Å². The van der Waals surface area contributed by atoms with Gasteiger partial charge < -0.3 is 9.84 Å². The molecule has 1 fully saturated rings. The van der Waals surface area contributed by atoms with Gasteiger partial charge in [-0.05, 0) is 12.8 Å². The van der Waals surface area contributed by atoms with Crippen molar-refractivity contribution in [2.24, 2.45) is 0 Å². The van der Waals surface area contributed by atoms with E-state index in [0.717, 1.165) is 12.8 Å². The zero-order valence-corrected chi connectivity index (χ0v) is 8.87. The van der Waals surface area contributed by atoms with Crippen LogP contribution < -0.4 is 0 Å². The number of cyclic esters (lactones) is 1. The Morgan fingerprint density at radius 1 is 1.36 bits per heavy atom. The molecular formula is C11H20O3. The molecule has 0 aliphatic carbocycles. The molecule has 1 aliphatic heterocycles. The number of esters is 1. The second-order valence-electron chi connectivity index (χ2n) is 4.00. The van der Waals surface area contributed by atoms with Crippen LogP contribution >= 0.6 is 0 Å². The van der Waals surface area contributed by atoms with E-state index in [9.17, 15) is 9.90 Å². The lowest BCUT2D eigenvalue weighted by molar-refractivity contribution is -0.142. The maximum Gasteiger partial charge on any atom is 0.308 e. The van der Waals surface area contributed by atoms with Crippen LogP contribution in [-0.4, -0.2) is 23.3 Å². The van der Waals surface area contributed by atoms with Gasteiger partial charge in [0.1, 0.15) is 12.2 Å². The first-order valence-corrected chi connectivity index (χ1v) is 5.61. The van der Waals surface area contributed by atoms with Gasteiger partial charge in [-0.3, -0.25) is 4.79 Å². The predicted molar refractivity (Wildman–Crippen MR) is 53.9 cm³/mol. The first-order chi connectivity index (χ1) is 6.74. The van der Waals surface area contributed by atoms with Gasteiger partial charge in [-0.25, -0.2) is 0 Å². The lowest BCUT2D eigenvalue weighted by Gasteiger charge is -2.12. The minimum Gasteiger partial charge on any atom is -0.460 e. The van der Waals surface area contributed by atoms with E-state index in [-0.39, 0.29) is 18.5 Å². The number of aliphatic hydroxyl groups is 1. The smallest absolute Gasteiger partial charge is 0.308 e. The second kappa shape index (κ2) is 6.02. The summed E-state index contributed by atoms with van der Waals surface area (Å²) in [4.78, 5) is 10.8. The molecule has 14 heavy (non-hydrogen) atoms. The van der Waals surface area contributed by atoms with E-state index in [2.05, 4.69) is 6.92 Å². The first-order valence-electron chi connectivity index (χ1n) is 5.61. The van der Waals surface area contributed by atoms with Gasteiger partial charge in [0.25, 0.3) is 0 Å². The third kappa shape index (κ3) is 3.66. The van der Waals surface area contributed by atoms with Crippen molar-refractivity contribution in [2.75, 3.05) is 0 Å². The summed E-state index contributed by atoms with van der Waals surface area (Å²) in [5.41, 5.74) is 0. The molecule has 0 radical (unpaired) electrons. The molecule has 3 nitrogen and oxygen atoms in total. The van der Waals surface area contributed by atoms with Gasteiger partial charge in [0.2, 0.25) is 0 Å². The van der Waals surface area contributed by atoms with Crippen LogP contribution in [0, 0.1) is 0 Å². The van der Waals surface area contributed by atoms with Crippen molar-refractivity contribution in [1.82, 2.24) is 0 Å². The highest BCUT2D eigenvalue weighted by Crippen LogP contribution is 2.20. The van der Waals surface area contributed by atoms with Crippen LogP contribution in [0.4, 0.5) is 0 Å². The first kappa shape index (κ1) is 11.5. The minimum atomic E-state index is -0.561. The maximum atomic E-state index is 10.8. The fourth-order valence-electron chi connectivity index (χ4n) is 1.80. The average molecular weight is 200 g/mol. The Morgan fingerprint density at radius 3 is 2.64 bits per heavy atom. The molecule has 0 unspecified atom stereocenters. The number of rotatable bonds is 6. The van der Waals surface area contributed by atoms with Gasteiger partial charge in [0, 0.05) is 0 Å². The Balaban J connectivity index is 2.04. The molecule has 0 saturated carbocycles. The molecule has 0 amide bonds. The Kier molecular flexibility index (Phi) is 4.94. The number of hydrogen-bond acceptors (Lipinski definition) is 3. The van der Waals surface area contributed by atoms with Crippen LogP contribution in [0.2, 0.25) is 0 Å². The number of hydrogen-bond donors (Lipinski definition) is 1. The Hall–Kier alpha value is -0.570. The summed E-state index contributed by atoms with van der Waals surface area (Å²) < 4.78 is 4.99. The van der Waals surface area contributed by atoms with Gasteiger partial charge in [-0.2, -0.15) is 0 Å². The van der Waals surface area contributed by atoms with Crippen molar-refractivity contribution in [3.63, 3.8) is 0 Å². The standard InChI is InChI=1S/C11H20O3/c1-2-3-4-5-6-7-10-9(12)8-11(13)14-10/h9-10,12H,2-8H2,1H3/t9-,10-/m0/s1. The molecule has 0 aromatic rings. The van der Waals surface area contributed by atoms with Gasteiger partial charge >= 0.3 is 5.97 Å². The molecule has 0 aromatic carbocycles. The highest BCUT2D eigenvalue weighted by Gasteiger charge is 2.32. The highest BCUT2D eigenvalue weighted by atomic mass is 16.6. The van der Waals surface area contributed by atoms with Gasteiger partial charge in [0.05, 0.1) is 6.42 Å². The summed E-state index contributed by atoms with van der Waals surface area (Å²) in [7, 11) is 0. The minimum absolute atomic E-state index is 0.180. The number of unbranched alkanes of at least 4 members (excludes halogenated alkanes) is 4. The third-order valence-electron chi connectivity index (χ3n) is 2.68. The number of aliphatic hydroxyl groups excluding tert-OH is 1. The third-order valence-corrected chi connectivity index (χ3v) is 2.68. The van der Waals surface area contributed by atoms with Crippen molar-refractivity contribution in [1.29, 1.82) is 0 Å². The number of ether oxygens (including phenoxy) is 1. The SMILES string of the molecule is CCCCCCC[C@@H]1OC(=O)C[C@@H]1O. The fraction of sp³-hybridized carbons (Fsp3) is 0.909. The Morgan fingerprint density at radius 2 is 2.07 bits per heavy atom. The largest absolute Gasteiger partial charge is 0.460 e. The topological polar surface area (TPSA) is 46.5 Å². The Bertz CT molecular complexity index is 179. The van der Waals surface area contributed by atoms with Crippen molar-refractivity contribution in [3.05, 3.63) is 0 Å². The highest BCUT2D eigenvalue weighted by molar-refractivity contribution is 5.72. The molecule has 1 N–H and O–H groups in total. The second-order valence-corrected chi connectivity index (χ2v) is 4.00. The molecule has 2 atom stereocenters. The van der Waals surface area contributed by atoms with E-state index in [0.29, 0.717) is 0 Å². The maximum absolute atomic E-state index is 10.8. The summed E-state index contributed by atoms with van der Waals surface area (Å²) in [6.45, 7) is 2.18. The zero-order chi connectivity index (χ0) is 10.4. The van der Waals surface area contributed by atoms with Crippen LogP contribution in [0.5, 0.6) is 0 Å².